The lowest BCUT2D eigenvalue weighted by atomic mass is 10.2. The van der Waals surface area contributed by atoms with E-state index in [9.17, 15) is 0 Å². The van der Waals surface area contributed by atoms with Crippen molar-refractivity contribution in [1.82, 2.24) is 10.6 Å². The van der Waals surface area contributed by atoms with Crippen LogP contribution in [-0.2, 0) is 16.0 Å². The third-order valence-corrected chi connectivity index (χ3v) is 3.36. The molecule has 0 aliphatic carbocycles. The molecule has 2 N–H and O–H groups in total. The summed E-state index contributed by atoms with van der Waals surface area (Å²) in [6.45, 7) is 6.24. The predicted octanol–water partition coefficient (Wildman–Crippen LogP) is 2.84. The predicted molar refractivity (Wildman–Crippen MR) is 96.2 cm³/mol. The normalized spacial score (nSPS) is 11.5. The third-order valence-electron chi connectivity index (χ3n) is 3.13. The molecule has 1 aromatic carbocycles. The highest BCUT2D eigenvalue weighted by Crippen LogP contribution is 2.10. The van der Waals surface area contributed by atoms with E-state index in [2.05, 4.69) is 22.5 Å². The average molecular weight is 342 g/mol. The molecule has 0 fully saturated rings. The van der Waals surface area contributed by atoms with Gasteiger partial charge < -0.3 is 20.1 Å². The van der Waals surface area contributed by atoms with Crippen LogP contribution in [0.2, 0.25) is 5.02 Å². The zero-order chi connectivity index (χ0) is 16.8. The summed E-state index contributed by atoms with van der Waals surface area (Å²) in [6.07, 6.45) is 2.27. The topological polar surface area (TPSA) is 54.9 Å². The van der Waals surface area contributed by atoms with E-state index in [-0.39, 0.29) is 0 Å². The van der Waals surface area contributed by atoms with Gasteiger partial charge in [-0.2, -0.15) is 0 Å². The summed E-state index contributed by atoms with van der Waals surface area (Å²) in [5, 5.41) is 7.18. The van der Waals surface area contributed by atoms with E-state index in [1.807, 2.05) is 24.3 Å². The molecule has 23 heavy (non-hydrogen) atoms. The van der Waals surface area contributed by atoms with Crippen LogP contribution in [0, 0.1) is 0 Å². The first-order valence-electron chi connectivity index (χ1n) is 8.10. The SMILES string of the molecule is CCCCOCCOCCNC(=NC)NCc1cccc(Cl)c1. The number of hydrogen-bond acceptors (Lipinski definition) is 3. The Morgan fingerprint density at radius 3 is 2.61 bits per heavy atom. The second-order valence-electron chi connectivity index (χ2n) is 5.06. The first kappa shape index (κ1) is 19.7. The van der Waals surface area contributed by atoms with Gasteiger partial charge in [0, 0.05) is 31.8 Å². The van der Waals surface area contributed by atoms with Crippen LogP contribution < -0.4 is 10.6 Å². The number of nitrogens with zero attached hydrogens (tertiary/aromatic N) is 1. The molecule has 0 radical (unpaired) electrons. The number of rotatable bonds is 11. The van der Waals surface area contributed by atoms with Crippen molar-refractivity contribution in [2.45, 2.75) is 26.3 Å². The number of nitrogens with one attached hydrogen (secondary N) is 2. The summed E-state index contributed by atoms with van der Waals surface area (Å²) in [4.78, 5) is 4.17. The Balaban J connectivity index is 2.06. The van der Waals surface area contributed by atoms with E-state index in [1.54, 1.807) is 7.05 Å². The van der Waals surface area contributed by atoms with E-state index < -0.39 is 0 Å². The second-order valence-corrected chi connectivity index (χ2v) is 5.50. The number of ether oxygens (including phenoxy) is 2. The monoisotopic (exact) mass is 341 g/mol. The Labute approximate surface area is 144 Å². The largest absolute Gasteiger partial charge is 0.379 e. The van der Waals surface area contributed by atoms with Gasteiger partial charge in [-0.25, -0.2) is 0 Å². The first-order valence-corrected chi connectivity index (χ1v) is 8.48. The fourth-order valence-corrected chi connectivity index (χ4v) is 2.08. The smallest absolute Gasteiger partial charge is 0.191 e. The highest BCUT2D eigenvalue weighted by molar-refractivity contribution is 6.30. The molecule has 0 aliphatic heterocycles. The van der Waals surface area contributed by atoms with E-state index >= 15 is 0 Å². The molecule has 0 aromatic heterocycles. The van der Waals surface area contributed by atoms with Crippen LogP contribution in [0.1, 0.15) is 25.3 Å². The van der Waals surface area contributed by atoms with Gasteiger partial charge in [0.1, 0.15) is 0 Å². The fraction of sp³-hybridized carbons (Fsp3) is 0.588. The molecule has 0 bridgehead atoms. The maximum absolute atomic E-state index is 5.97. The number of guanidine groups is 1. The van der Waals surface area contributed by atoms with E-state index in [1.165, 1.54) is 0 Å². The molecule has 0 unspecified atom stereocenters. The lowest BCUT2D eigenvalue weighted by Crippen LogP contribution is -2.38. The van der Waals surface area contributed by atoms with Gasteiger partial charge in [0.25, 0.3) is 0 Å². The molecule has 5 nitrogen and oxygen atoms in total. The number of halogens is 1. The molecular weight excluding hydrogens is 314 g/mol. The first-order chi connectivity index (χ1) is 11.3. The van der Waals surface area contributed by atoms with Crippen LogP contribution in [0.5, 0.6) is 0 Å². The maximum atomic E-state index is 5.97. The fourth-order valence-electron chi connectivity index (χ4n) is 1.86. The van der Waals surface area contributed by atoms with Crippen molar-refractivity contribution in [3.63, 3.8) is 0 Å². The zero-order valence-corrected chi connectivity index (χ0v) is 14.9. The summed E-state index contributed by atoms with van der Waals surface area (Å²) in [5.74, 6) is 0.743. The molecule has 130 valence electrons. The molecule has 0 spiro atoms. The number of unbranched alkanes of at least 4 members (excludes halogenated alkanes) is 1. The lowest BCUT2D eigenvalue weighted by molar-refractivity contribution is 0.0487. The van der Waals surface area contributed by atoms with Crippen molar-refractivity contribution in [2.24, 2.45) is 4.99 Å². The standard InChI is InChI=1S/C17H28ClN3O2/c1-3-4-9-22-11-12-23-10-8-20-17(19-2)21-14-15-6-5-7-16(18)13-15/h5-7,13H,3-4,8-12,14H2,1-2H3,(H2,19,20,21). The summed E-state index contributed by atoms with van der Waals surface area (Å²) in [5.41, 5.74) is 1.11. The van der Waals surface area contributed by atoms with Gasteiger partial charge >= 0.3 is 0 Å². The minimum atomic E-state index is 0.620. The Hall–Kier alpha value is -1.30. The number of aliphatic imine (C=N–C) groups is 1. The van der Waals surface area contributed by atoms with E-state index in [0.717, 1.165) is 36.0 Å². The summed E-state index contributed by atoms with van der Waals surface area (Å²) in [6, 6.07) is 7.75. The third kappa shape index (κ3) is 10.2. The van der Waals surface area contributed by atoms with Gasteiger partial charge in [-0.05, 0) is 24.1 Å². The van der Waals surface area contributed by atoms with Crippen molar-refractivity contribution >= 4 is 17.6 Å². The van der Waals surface area contributed by atoms with Crippen LogP contribution in [-0.4, -0.2) is 46.0 Å². The van der Waals surface area contributed by atoms with Gasteiger partial charge in [0.2, 0.25) is 0 Å². The van der Waals surface area contributed by atoms with Gasteiger partial charge in [0.15, 0.2) is 5.96 Å². The maximum Gasteiger partial charge on any atom is 0.191 e. The van der Waals surface area contributed by atoms with Crippen LogP contribution in [0.15, 0.2) is 29.3 Å². The Bertz CT molecular complexity index is 455. The van der Waals surface area contributed by atoms with Crippen LogP contribution in [0.3, 0.4) is 0 Å². The summed E-state index contributed by atoms with van der Waals surface area (Å²) in [7, 11) is 1.75. The quantitative estimate of drug-likeness (QED) is 0.369. The van der Waals surface area contributed by atoms with E-state index in [0.29, 0.717) is 32.9 Å². The molecular formula is C17H28ClN3O2. The van der Waals surface area contributed by atoms with Crippen LogP contribution in [0.4, 0.5) is 0 Å². The highest BCUT2D eigenvalue weighted by Gasteiger charge is 1.99. The van der Waals surface area contributed by atoms with Gasteiger partial charge in [-0.3, -0.25) is 4.99 Å². The zero-order valence-electron chi connectivity index (χ0n) is 14.1. The average Bonchev–Trinajstić information content (AvgIpc) is 2.56. The molecule has 0 heterocycles. The van der Waals surface area contributed by atoms with Crippen molar-refractivity contribution in [2.75, 3.05) is 40.0 Å². The molecule has 0 amide bonds. The van der Waals surface area contributed by atoms with Gasteiger partial charge in [-0.1, -0.05) is 37.1 Å². The molecule has 0 saturated carbocycles. The highest BCUT2D eigenvalue weighted by atomic mass is 35.5. The van der Waals surface area contributed by atoms with E-state index in [4.69, 9.17) is 21.1 Å². The molecule has 0 atom stereocenters. The lowest BCUT2D eigenvalue weighted by Gasteiger charge is -2.12. The molecule has 6 heteroatoms. The van der Waals surface area contributed by atoms with Crippen molar-refractivity contribution in [3.8, 4) is 0 Å². The second kappa shape index (κ2) is 13.2. The van der Waals surface area contributed by atoms with Crippen LogP contribution >= 0.6 is 11.6 Å². The Morgan fingerprint density at radius 1 is 1.13 bits per heavy atom. The number of hydrogen-bond donors (Lipinski definition) is 2. The van der Waals surface area contributed by atoms with Crippen molar-refractivity contribution in [3.05, 3.63) is 34.9 Å². The minimum absolute atomic E-state index is 0.620. The van der Waals surface area contributed by atoms with Crippen molar-refractivity contribution < 1.29 is 9.47 Å². The minimum Gasteiger partial charge on any atom is -0.379 e. The summed E-state index contributed by atoms with van der Waals surface area (Å²) >= 11 is 5.97. The molecule has 1 rings (SSSR count). The van der Waals surface area contributed by atoms with Gasteiger partial charge in [0.05, 0.1) is 19.8 Å². The van der Waals surface area contributed by atoms with Crippen LogP contribution in [0.25, 0.3) is 0 Å². The molecule has 0 saturated heterocycles. The Kier molecular flexibility index (Phi) is 11.3. The van der Waals surface area contributed by atoms with Crippen molar-refractivity contribution in [1.29, 1.82) is 0 Å². The molecule has 0 aliphatic rings. The number of benzene rings is 1. The molecule has 1 aromatic rings. The Morgan fingerprint density at radius 2 is 1.91 bits per heavy atom. The summed E-state index contributed by atoms with van der Waals surface area (Å²) < 4.78 is 10.9. The van der Waals surface area contributed by atoms with Gasteiger partial charge in [-0.15, -0.1) is 0 Å².